The zero-order chi connectivity index (χ0) is 6.10. The summed E-state index contributed by atoms with van der Waals surface area (Å²) in [5, 5.41) is 0. The van der Waals surface area contributed by atoms with Crippen molar-refractivity contribution in [3.05, 3.63) is 7.43 Å². The van der Waals surface area contributed by atoms with Crippen LogP contribution in [0.5, 0.6) is 0 Å². The van der Waals surface area contributed by atoms with Gasteiger partial charge in [0.1, 0.15) is 12.2 Å². The second kappa shape index (κ2) is 3.32. The Kier molecular flexibility index (Phi) is 2.65. The topological polar surface area (TPSA) is 34.3 Å². The Balaban J connectivity index is 0.000000500. The maximum absolute atomic E-state index is 5.23. The van der Waals surface area contributed by atoms with Gasteiger partial charge < -0.3 is 14.2 Å². The van der Waals surface area contributed by atoms with Crippen molar-refractivity contribution in [2.45, 2.75) is 12.2 Å². The third-order valence-corrected chi connectivity index (χ3v) is 1.41. The fourth-order valence-corrected chi connectivity index (χ4v) is 0.659. The van der Waals surface area contributed by atoms with Crippen molar-refractivity contribution in [2.75, 3.05) is 26.4 Å². The minimum absolute atomic E-state index is 0. The van der Waals surface area contributed by atoms with Crippen molar-refractivity contribution >= 4 is 0 Å². The van der Waals surface area contributed by atoms with Crippen LogP contribution >= 0.6 is 0 Å². The van der Waals surface area contributed by atoms with Gasteiger partial charge in [0.2, 0.25) is 0 Å². The molecule has 3 radical (unpaired) electrons. The largest absolute Gasteiger partial charge is 0.376 e. The van der Waals surface area contributed by atoms with Gasteiger partial charge in [-0.05, 0) is 7.43 Å². The molecule has 57 valence electrons. The zero-order valence-corrected chi connectivity index (χ0v) is 5.79. The van der Waals surface area contributed by atoms with E-state index in [0.717, 1.165) is 26.4 Å². The molecule has 2 fully saturated rings. The quantitative estimate of drug-likeness (QED) is 0.520. The molecule has 2 heterocycles. The first kappa shape index (κ1) is 7.98. The molecule has 0 aromatic rings. The lowest BCUT2D eigenvalue weighted by Gasteiger charge is -1.95. The summed E-state index contributed by atoms with van der Waals surface area (Å²) >= 11 is 0. The fraction of sp³-hybridized carbons (Fsp3) is 0.857. The van der Waals surface area contributed by atoms with E-state index in [1.54, 1.807) is 0 Å². The maximum Gasteiger partial charge on any atom is 0.104 e. The van der Waals surface area contributed by atoms with Crippen molar-refractivity contribution < 1.29 is 14.2 Å². The predicted molar refractivity (Wildman–Crippen MR) is 34.6 cm³/mol. The average molecular weight is 143 g/mol. The van der Waals surface area contributed by atoms with Gasteiger partial charge in [-0.3, -0.25) is 0 Å². The molecule has 0 aromatic carbocycles. The molecular weight excluding hydrogens is 132 g/mol. The SMILES string of the molecule is C(OCC1CO1)C1CO1.[CH]. The van der Waals surface area contributed by atoms with E-state index < -0.39 is 0 Å². The molecule has 2 rings (SSSR count). The van der Waals surface area contributed by atoms with Crippen LogP contribution in [-0.4, -0.2) is 38.6 Å². The molecule has 0 aromatic heterocycles. The standard InChI is InChI=1S/C6H10O3.CH/c1(5-3-8-5)7-2-6-4-9-6;/h5-6H,1-4H2;1H. The van der Waals surface area contributed by atoms with Crippen LogP contribution in [0.4, 0.5) is 0 Å². The third kappa shape index (κ3) is 2.64. The lowest BCUT2D eigenvalue weighted by atomic mass is 10.5. The summed E-state index contributed by atoms with van der Waals surface area (Å²) in [4.78, 5) is 0. The molecule has 0 N–H and O–H groups in total. The molecular formula is C7H11O3. The highest BCUT2D eigenvalue weighted by atomic mass is 16.6. The van der Waals surface area contributed by atoms with Crippen LogP contribution in [0.1, 0.15) is 0 Å². The highest BCUT2D eigenvalue weighted by Crippen LogP contribution is 2.12. The summed E-state index contributed by atoms with van der Waals surface area (Å²) in [6, 6.07) is 0. The number of epoxide rings is 2. The third-order valence-electron chi connectivity index (χ3n) is 1.41. The first-order chi connectivity index (χ1) is 4.45. The van der Waals surface area contributed by atoms with Crippen LogP contribution in [0.15, 0.2) is 0 Å². The molecule has 3 heteroatoms. The van der Waals surface area contributed by atoms with Crippen LogP contribution in [0, 0.1) is 7.43 Å². The van der Waals surface area contributed by atoms with Gasteiger partial charge in [0, 0.05) is 0 Å². The summed E-state index contributed by atoms with van der Waals surface area (Å²) in [5.41, 5.74) is 0. The molecule has 3 nitrogen and oxygen atoms in total. The molecule has 10 heavy (non-hydrogen) atoms. The van der Waals surface area contributed by atoms with Gasteiger partial charge >= 0.3 is 0 Å². The van der Waals surface area contributed by atoms with E-state index in [-0.39, 0.29) is 7.43 Å². The number of ether oxygens (including phenoxy) is 3. The average Bonchev–Trinajstić information content (AvgIpc) is 2.57. The first-order valence-corrected chi connectivity index (χ1v) is 3.26. The lowest BCUT2D eigenvalue weighted by Crippen LogP contribution is -2.06. The zero-order valence-electron chi connectivity index (χ0n) is 5.79. The minimum atomic E-state index is 0. The molecule has 2 unspecified atom stereocenters. The number of hydrogen-bond donors (Lipinski definition) is 0. The van der Waals surface area contributed by atoms with E-state index in [9.17, 15) is 0 Å². The van der Waals surface area contributed by atoms with E-state index >= 15 is 0 Å². The van der Waals surface area contributed by atoms with Crippen LogP contribution in [0.2, 0.25) is 0 Å². The normalized spacial score (nSPS) is 34.8. The second-order valence-corrected chi connectivity index (χ2v) is 2.45. The summed E-state index contributed by atoms with van der Waals surface area (Å²) in [6.45, 7) is 3.26. The molecule has 0 spiro atoms. The molecule has 0 bridgehead atoms. The van der Waals surface area contributed by atoms with Gasteiger partial charge in [-0.25, -0.2) is 0 Å². The summed E-state index contributed by atoms with van der Waals surface area (Å²) in [6.07, 6.45) is 0.785. The molecule has 2 aliphatic heterocycles. The molecule has 0 amide bonds. The van der Waals surface area contributed by atoms with Crippen molar-refractivity contribution in [2.24, 2.45) is 0 Å². The Bertz CT molecular complexity index is 85.0. The minimum Gasteiger partial charge on any atom is -0.376 e. The second-order valence-electron chi connectivity index (χ2n) is 2.45. The van der Waals surface area contributed by atoms with Crippen molar-refractivity contribution in [1.29, 1.82) is 0 Å². The van der Waals surface area contributed by atoms with Crippen LogP contribution in [0.25, 0.3) is 0 Å². The van der Waals surface area contributed by atoms with Crippen molar-refractivity contribution in [1.82, 2.24) is 0 Å². The fourth-order valence-electron chi connectivity index (χ4n) is 0.659. The highest BCUT2D eigenvalue weighted by molar-refractivity contribution is 4.71. The number of hydrogen-bond acceptors (Lipinski definition) is 3. The molecule has 2 saturated heterocycles. The van der Waals surface area contributed by atoms with Crippen LogP contribution in [0.3, 0.4) is 0 Å². The summed E-state index contributed by atoms with van der Waals surface area (Å²) < 4.78 is 15.1. The Morgan fingerprint density at radius 2 is 1.50 bits per heavy atom. The van der Waals surface area contributed by atoms with E-state index in [1.165, 1.54) is 0 Å². The molecule has 0 saturated carbocycles. The van der Waals surface area contributed by atoms with Gasteiger partial charge in [-0.1, -0.05) is 0 Å². The Morgan fingerprint density at radius 1 is 1.10 bits per heavy atom. The predicted octanol–water partition coefficient (Wildman–Crippen LogP) is 0.00489. The summed E-state index contributed by atoms with van der Waals surface area (Å²) in [5.74, 6) is 0. The molecule has 2 aliphatic rings. The smallest absolute Gasteiger partial charge is 0.104 e. The highest BCUT2D eigenvalue weighted by Gasteiger charge is 2.26. The van der Waals surface area contributed by atoms with Gasteiger partial charge in [0.15, 0.2) is 0 Å². The lowest BCUT2D eigenvalue weighted by molar-refractivity contribution is 0.102. The molecule has 2 atom stereocenters. The van der Waals surface area contributed by atoms with E-state index in [4.69, 9.17) is 14.2 Å². The first-order valence-electron chi connectivity index (χ1n) is 3.26. The van der Waals surface area contributed by atoms with Crippen molar-refractivity contribution in [3.8, 4) is 0 Å². The Morgan fingerprint density at radius 3 is 1.80 bits per heavy atom. The van der Waals surface area contributed by atoms with Gasteiger partial charge in [0.05, 0.1) is 26.4 Å². The Labute approximate surface area is 61.3 Å². The van der Waals surface area contributed by atoms with Crippen LogP contribution in [-0.2, 0) is 14.2 Å². The van der Waals surface area contributed by atoms with E-state index in [1.807, 2.05) is 0 Å². The Hall–Kier alpha value is -0.120. The van der Waals surface area contributed by atoms with Gasteiger partial charge in [0.25, 0.3) is 0 Å². The monoisotopic (exact) mass is 143 g/mol. The molecule has 0 aliphatic carbocycles. The van der Waals surface area contributed by atoms with E-state index in [0.29, 0.717) is 12.2 Å². The number of rotatable bonds is 4. The van der Waals surface area contributed by atoms with Crippen molar-refractivity contribution in [3.63, 3.8) is 0 Å². The van der Waals surface area contributed by atoms with Gasteiger partial charge in [-0.15, -0.1) is 0 Å². The maximum atomic E-state index is 5.23. The van der Waals surface area contributed by atoms with Gasteiger partial charge in [-0.2, -0.15) is 0 Å². The van der Waals surface area contributed by atoms with E-state index in [2.05, 4.69) is 0 Å². The van der Waals surface area contributed by atoms with Crippen LogP contribution < -0.4 is 0 Å². The summed E-state index contributed by atoms with van der Waals surface area (Å²) in [7, 11) is 0.